The summed E-state index contributed by atoms with van der Waals surface area (Å²) in [6, 6.07) is 0.327. The highest BCUT2D eigenvalue weighted by atomic mass is 16.2. The molecule has 2 rings (SSSR count). The summed E-state index contributed by atoms with van der Waals surface area (Å²) in [6.07, 6.45) is 6.10. The monoisotopic (exact) mass is 281 g/mol. The molecule has 3 unspecified atom stereocenters. The van der Waals surface area contributed by atoms with Crippen molar-refractivity contribution in [3.8, 4) is 0 Å². The van der Waals surface area contributed by atoms with Crippen LogP contribution in [0.1, 0.15) is 52.4 Å². The number of carbonyl (C=O) groups is 1. The van der Waals surface area contributed by atoms with Crippen molar-refractivity contribution in [1.82, 2.24) is 9.80 Å². The van der Waals surface area contributed by atoms with Crippen molar-refractivity contribution < 1.29 is 4.79 Å². The fraction of sp³-hybridized carbons (Fsp3) is 0.938. The van der Waals surface area contributed by atoms with Gasteiger partial charge in [0.2, 0.25) is 5.91 Å². The summed E-state index contributed by atoms with van der Waals surface area (Å²) in [5.41, 5.74) is 5.92. The molecule has 1 aliphatic heterocycles. The summed E-state index contributed by atoms with van der Waals surface area (Å²) >= 11 is 0. The molecule has 2 fully saturated rings. The second kappa shape index (κ2) is 6.44. The molecular weight excluding hydrogens is 250 g/mol. The van der Waals surface area contributed by atoms with Crippen LogP contribution in [-0.4, -0.2) is 54.0 Å². The molecule has 1 saturated heterocycles. The van der Waals surface area contributed by atoms with E-state index >= 15 is 0 Å². The van der Waals surface area contributed by atoms with Crippen molar-refractivity contribution >= 4 is 5.91 Å². The number of amides is 1. The van der Waals surface area contributed by atoms with E-state index in [-0.39, 0.29) is 5.91 Å². The van der Waals surface area contributed by atoms with Gasteiger partial charge in [-0.25, -0.2) is 0 Å². The van der Waals surface area contributed by atoms with Crippen LogP contribution < -0.4 is 5.73 Å². The molecule has 0 bridgehead atoms. The van der Waals surface area contributed by atoms with Crippen molar-refractivity contribution in [2.24, 2.45) is 11.7 Å². The fourth-order valence-electron chi connectivity index (χ4n) is 3.93. The minimum absolute atomic E-state index is 0.214. The molecule has 4 heteroatoms. The van der Waals surface area contributed by atoms with Crippen LogP contribution in [0.25, 0.3) is 0 Å². The number of hydrogen-bond donors (Lipinski definition) is 1. The molecule has 0 radical (unpaired) electrons. The minimum Gasteiger partial charge on any atom is -0.337 e. The Balaban J connectivity index is 2.12. The van der Waals surface area contributed by atoms with E-state index in [4.69, 9.17) is 5.73 Å². The summed E-state index contributed by atoms with van der Waals surface area (Å²) in [7, 11) is 2.15. The molecule has 2 aliphatic rings. The number of hydrogen-bond acceptors (Lipinski definition) is 3. The average Bonchev–Trinajstić information content (AvgIpc) is 2.58. The van der Waals surface area contributed by atoms with Gasteiger partial charge in [0.05, 0.1) is 5.54 Å². The van der Waals surface area contributed by atoms with Crippen molar-refractivity contribution in [2.75, 3.05) is 26.7 Å². The van der Waals surface area contributed by atoms with Gasteiger partial charge in [-0.05, 0) is 45.2 Å². The van der Waals surface area contributed by atoms with Crippen LogP contribution in [0.3, 0.4) is 0 Å². The number of carbonyl (C=O) groups excluding carboxylic acids is 1. The van der Waals surface area contributed by atoms with Crippen LogP contribution >= 0.6 is 0 Å². The topological polar surface area (TPSA) is 49.6 Å². The summed E-state index contributed by atoms with van der Waals surface area (Å²) in [5.74, 6) is 0.790. The Labute approximate surface area is 123 Å². The molecule has 3 atom stereocenters. The number of rotatable bonds is 2. The van der Waals surface area contributed by atoms with Gasteiger partial charge in [0, 0.05) is 19.1 Å². The van der Waals surface area contributed by atoms with Gasteiger partial charge < -0.3 is 15.5 Å². The second-order valence-electron chi connectivity index (χ2n) is 7.03. The largest absolute Gasteiger partial charge is 0.337 e. The van der Waals surface area contributed by atoms with Crippen LogP contribution in [-0.2, 0) is 4.79 Å². The number of likely N-dealkylation sites (N-methyl/N-ethyl adjacent to an activating group) is 1. The van der Waals surface area contributed by atoms with E-state index in [0.29, 0.717) is 12.0 Å². The van der Waals surface area contributed by atoms with Crippen molar-refractivity contribution in [3.63, 3.8) is 0 Å². The van der Waals surface area contributed by atoms with E-state index in [1.165, 1.54) is 6.42 Å². The van der Waals surface area contributed by atoms with Crippen molar-refractivity contribution in [3.05, 3.63) is 0 Å². The lowest BCUT2D eigenvalue weighted by Crippen LogP contribution is -2.60. The second-order valence-corrected chi connectivity index (χ2v) is 7.03. The SMILES string of the molecule is CCC1CN(C)CCCN1C(=O)C1(N)CCCC(C)C1. The van der Waals surface area contributed by atoms with Gasteiger partial charge in [0.25, 0.3) is 0 Å². The van der Waals surface area contributed by atoms with Crippen LogP contribution in [0, 0.1) is 5.92 Å². The van der Waals surface area contributed by atoms with Crippen molar-refractivity contribution in [2.45, 2.75) is 64.0 Å². The quantitative estimate of drug-likeness (QED) is 0.840. The molecule has 1 amide bonds. The molecule has 0 aromatic rings. The number of nitrogens with zero attached hydrogens (tertiary/aromatic N) is 2. The Morgan fingerprint density at radius 2 is 2.10 bits per heavy atom. The summed E-state index contributed by atoms with van der Waals surface area (Å²) in [5, 5.41) is 0. The standard InChI is InChI=1S/C16H31N3O/c1-4-14-12-18(3)9-6-10-19(14)15(20)16(17)8-5-7-13(2)11-16/h13-14H,4-12,17H2,1-3H3. The molecule has 1 heterocycles. The summed E-state index contributed by atoms with van der Waals surface area (Å²) < 4.78 is 0. The van der Waals surface area contributed by atoms with Crippen LogP contribution in [0.2, 0.25) is 0 Å². The molecule has 0 aromatic carbocycles. The maximum Gasteiger partial charge on any atom is 0.242 e. The lowest BCUT2D eigenvalue weighted by molar-refractivity contribution is -0.141. The molecule has 1 aliphatic carbocycles. The van der Waals surface area contributed by atoms with E-state index < -0.39 is 5.54 Å². The highest BCUT2D eigenvalue weighted by Crippen LogP contribution is 2.32. The molecule has 1 saturated carbocycles. The van der Waals surface area contributed by atoms with Gasteiger partial charge in [0.15, 0.2) is 0 Å². The van der Waals surface area contributed by atoms with E-state index in [1.54, 1.807) is 0 Å². The van der Waals surface area contributed by atoms with E-state index in [2.05, 4.69) is 30.7 Å². The average molecular weight is 281 g/mol. The molecule has 20 heavy (non-hydrogen) atoms. The summed E-state index contributed by atoms with van der Waals surface area (Å²) in [4.78, 5) is 17.5. The highest BCUT2D eigenvalue weighted by Gasteiger charge is 2.42. The minimum atomic E-state index is -0.603. The Morgan fingerprint density at radius 3 is 2.75 bits per heavy atom. The predicted octanol–water partition coefficient (Wildman–Crippen LogP) is 1.84. The molecule has 4 nitrogen and oxygen atoms in total. The molecular formula is C16H31N3O. The van der Waals surface area contributed by atoms with Gasteiger partial charge >= 0.3 is 0 Å². The van der Waals surface area contributed by atoms with Crippen LogP contribution in [0.5, 0.6) is 0 Å². The maximum atomic E-state index is 13.0. The maximum absolute atomic E-state index is 13.0. The number of nitrogens with two attached hydrogens (primary N) is 1. The third-order valence-electron chi connectivity index (χ3n) is 5.09. The molecule has 116 valence electrons. The zero-order chi connectivity index (χ0) is 14.8. The van der Waals surface area contributed by atoms with E-state index in [0.717, 1.165) is 51.7 Å². The van der Waals surface area contributed by atoms with Gasteiger partial charge in [-0.15, -0.1) is 0 Å². The van der Waals surface area contributed by atoms with Crippen LogP contribution in [0.15, 0.2) is 0 Å². The van der Waals surface area contributed by atoms with Crippen molar-refractivity contribution in [1.29, 1.82) is 0 Å². The molecule has 0 aromatic heterocycles. The molecule has 2 N–H and O–H groups in total. The first-order chi connectivity index (χ1) is 9.46. The molecule has 0 spiro atoms. The normalized spacial score (nSPS) is 36.7. The first-order valence-electron chi connectivity index (χ1n) is 8.25. The van der Waals surface area contributed by atoms with E-state index in [1.807, 2.05) is 0 Å². The zero-order valence-electron chi connectivity index (χ0n) is 13.4. The van der Waals surface area contributed by atoms with Gasteiger partial charge in [-0.1, -0.05) is 26.7 Å². The fourth-order valence-corrected chi connectivity index (χ4v) is 3.93. The third-order valence-corrected chi connectivity index (χ3v) is 5.09. The zero-order valence-corrected chi connectivity index (χ0v) is 13.4. The Morgan fingerprint density at radius 1 is 1.35 bits per heavy atom. The van der Waals surface area contributed by atoms with Gasteiger partial charge in [0.1, 0.15) is 0 Å². The smallest absolute Gasteiger partial charge is 0.242 e. The highest BCUT2D eigenvalue weighted by molar-refractivity contribution is 5.86. The summed E-state index contributed by atoms with van der Waals surface area (Å²) in [6.45, 7) is 7.33. The predicted molar refractivity (Wildman–Crippen MR) is 82.5 cm³/mol. The Bertz CT molecular complexity index is 347. The third kappa shape index (κ3) is 3.34. The Kier molecular flexibility index (Phi) is 5.08. The lowest BCUT2D eigenvalue weighted by atomic mass is 9.76. The van der Waals surface area contributed by atoms with E-state index in [9.17, 15) is 4.79 Å². The van der Waals surface area contributed by atoms with Crippen LogP contribution in [0.4, 0.5) is 0 Å². The first-order valence-corrected chi connectivity index (χ1v) is 8.25. The van der Waals surface area contributed by atoms with Gasteiger partial charge in [-0.3, -0.25) is 4.79 Å². The lowest BCUT2D eigenvalue weighted by Gasteiger charge is -2.41. The first kappa shape index (κ1) is 15.8. The van der Waals surface area contributed by atoms with Gasteiger partial charge in [-0.2, -0.15) is 0 Å². The Hall–Kier alpha value is -0.610.